The zero-order chi connectivity index (χ0) is 15.9. The molecular formula is C15H23Cl2N5O2. The van der Waals surface area contributed by atoms with Crippen molar-refractivity contribution in [3.05, 3.63) is 24.0 Å². The van der Waals surface area contributed by atoms with E-state index in [0.717, 1.165) is 36.1 Å². The Balaban J connectivity index is 0.00000264. The summed E-state index contributed by atoms with van der Waals surface area (Å²) in [6.45, 7) is 1.91. The fourth-order valence-corrected chi connectivity index (χ4v) is 2.06. The van der Waals surface area contributed by atoms with Gasteiger partial charge in [-0.05, 0) is 24.6 Å². The molecule has 0 aliphatic heterocycles. The molecule has 2 amide bonds. The smallest absolute Gasteiger partial charge is 0.243 e. The van der Waals surface area contributed by atoms with E-state index in [1.807, 2.05) is 12.1 Å². The third-order valence-electron chi connectivity index (χ3n) is 3.21. The average Bonchev–Trinajstić information content (AvgIpc) is 2.92. The van der Waals surface area contributed by atoms with E-state index in [1.54, 1.807) is 6.07 Å². The lowest BCUT2D eigenvalue weighted by Gasteiger charge is -2.06. The second kappa shape index (κ2) is 10.9. The molecular weight excluding hydrogens is 353 g/mol. The molecule has 1 aromatic heterocycles. The minimum Gasteiger partial charge on any atom is -0.346 e. The standard InChI is InChI=1S/C15H21N5O2.2ClH/c1-2-3-4-13-19-11-6-5-10(7-12(11)20-13)18-15(22)9-17-14(21)8-16;;/h5-7H,2-4,8-9,16H2,1H3,(H,17,21)(H,18,22)(H,19,20);2*1H. The number of nitrogens with one attached hydrogen (secondary N) is 3. The van der Waals surface area contributed by atoms with Crippen molar-refractivity contribution in [2.45, 2.75) is 26.2 Å². The Morgan fingerprint density at radius 3 is 2.67 bits per heavy atom. The molecule has 0 unspecified atom stereocenters. The average molecular weight is 376 g/mol. The zero-order valence-corrected chi connectivity index (χ0v) is 15.1. The molecule has 0 bridgehead atoms. The molecule has 0 radical (unpaired) electrons. The molecule has 2 aromatic rings. The molecule has 0 spiro atoms. The second-order valence-electron chi connectivity index (χ2n) is 5.05. The summed E-state index contributed by atoms with van der Waals surface area (Å²) in [7, 11) is 0. The number of halogens is 2. The van der Waals surface area contributed by atoms with E-state index in [-0.39, 0.29) is 49.7 Å². The molecule has 134 valence electrons. The topological polar surface area (TPSA) is 113 Å². The quantitative estimate of drug-likeness (QED) is 0.590. The van der Waals surface area contributed by atoms with Crippen molar-refractivity contribution in [3.63, 3.8) is 0 Å². The Labute approximate surface area is 153 Å². The molecule has 0 aliphatic rings. The minimum atomic E-state index is -0.361. The van der Waals surface area contributed by atoms with Gasteiger partial charge in [0.05, 0.1) is 24.1 Å². The number of H-pyrrole nitrogens is 1. The summed E-state index contributed by atoms with van der Waals surface area (Å²) in [5.74, 6) is 0.294. The highest BCUT2D eigenvalue weighted by Gasteiger charge is 2.07. The van der Waals surface area contributed by atoms with Gasteiger partial charge in [0.2, 0.25) is 11.8 Å². The van der Waals surface area contributed by atoms with Gasteiger partial charge in [0.1, 0.15) is 5.82 Å². The fraction of sp³-hybridized carbons (Fsp3) is 0.400. The van der Waals surface area contributed by atoms with Crippen LogP contribution in [0.25, 0.3) is 11.0 Å². The van der Waals surface area contributed by atoms with Crippen molar-refractivity contribution in [2.75, 3.05) is 18.4 Å². The number of amides is 2. The first-order valence-electron chi connectivity index (χ1n) is 7.37. The number of fused-ring (bicyclic) bond motifs is 1. The van der Waals surface area contributed by atoms with Crippen molar-refractivity contribution in [1.82, 2.24) is 15.3 Å². The fourth-order valence-electron chi connectivity index (χ4n) is 2.06. The third-order valence-corrected chi connectivity index (χ3v) is 3.21. The third kappa shape index (κ3) is 6.35. The summed E-state index contributed by atoms with van der Waals surface area (Å²) >= 11 is 0. The van der Waals surface area contributed by atoms with Crippen molar-refractivity contribution < 1.29 is 9.59 Å². The number of hydrogen-bond acceptors (Lipinski definition) is 4. The van der Waals surface area contributed by atoms with Crippen molar-refractivity contribution in [1.29, 1.82) is 0 Å². The van der Waals surface area contributed by atoms with Gasteiger partial charge in [0.15, 0.2) is 0 Å². The van der Waals surface area contributed by atoms with Gasteiger partial charge in [0, 0.05) is 12.1 Å². The molecule has 0 saturated carbocycles. The molecule has 5 N–H and O–H groups in total. The Morgan fingerprint density at radius 1 is 1.25 bits per heavy atom. The van der Waals surface area contributed by atoms with E-state index in [4.69, 9.17) is 5.73 Å². The van der Waals surface area contributed by atoms with Crippen LogP contribution in [0, 0.1) is 0 Å². The van der Waals surface area contributed by atoms with Crippen LogP contribution in [0.15, 0.2) is 18.2 Å². The van der Waals surface area contributed by atoms with Gasteiger partial charge in [-0.25, -0.2) is 4.98 Å². The van der Waals surface area contributed by atoms with Crippen LogP contribution < -0.4 is 16.4 Å². The number of anilines is 1. The molecule has 1 aromatic carbocycles. The lowest BCUT2D eigenvalue weighted by Crippen LogP contribution is -2.36. The highest BCUT2D eigenvalue weighted by Crippen LogP contribution is 2.18. The number of carbonyl (C=O) groups is 2. The number of nitrogens with two attached hydrogens (primary N) is 1. The normalized spacial score (nSPS) is 9.75. The first-order chi connectivity index (χ1) is 10.6. The Bertz CT molecular complexity index is 675. The van der Waals surface area contributed by atoms with Gasteiger partial charge in [-0.2, -0.15) is 0 Å². The zero-order valence-electron chi connectivity index (χ0n) is 13.4. The van der Waals surface area contributed by atoms with Gasteiger partial charge < -0.3 is 21.4 Å². The van der Waals surface area contributed by atoms with E-state index >= 15 is 0 Å². The number of aromatic amines is 1. The van der Waals surface area contributed by atoms with E-state index in [1.165, 1.54) is 0 Å². The first-order valence-corrected chi connectivity index (χ1v) is 7.37. The molecule has 0 fully saturated rings. The first kappa shape index (κ1) is 22.2. The van der Waals surface area contributed by atoms with Gasteiger partial charge >= 0.3 is 0 Å². The molecule has 24 heavy (non-hydrogen) atoms. The van der Waals surface area contributed by atoms with E-state index in [2.05, 4.69) is 27.5 Å². The maximum atomic E-state index is 11.7. The molecule has 0 aliphatic carbocycles. The van der Waals surface area contributed by atoms with Crippen LogP contribution in [0.1, 0.15) is 25.6 Å². The Hall–Kier alpha value is -1.83. The predicted octanol–water partition coefficient (Wildman–Crippen LogP) is 1.76. The van der Waals surface area contributed by atoms with Crippen LogP contribution in [-0.2, 0) is 16.0 Å². The summed E-state index contributed by atoms with van der Waals surface area (Å²) in [6, 6.07) is 5.48. The van der Waals surface area contributed by atoms with Crippen LogP contribution >= 0.6 is 24.8 Å². The number of benzene rings is 1. The Morgan fingerprint density at radius 2 is 2.00 bits per heavy atom. The van der Waals surface area contributed by atoms with Crippen LogP contribution in [0.5, 0.6) is 0 Å². The monoisotopic (exact) mass is 375 g/mol. The summed E-state index contributed by atoms with van der Waals surface area (Å²) in [6.07, 6.45) is 3.12. The van der Waals surface area contributed by atoms with Gasteiger partial charge in [0.25, 0.3) is 0 Å². The van der Waals surface area contributed by atoms with Gasteiger partial charge in [-0.3, -0.25) is 9.59 Å². The van der Waals surface area contributed by atoms with Crippen molar-refractivity contribution in [2.24, 2.45) is 5.73 Å². The summed E-state index contributed by atoms with van der Waals surface area (Å²) in [5, 5.41) is 5.14. The van der Waals surface area contributed by atoms with Gasteiger partial charge in [-0.1, -0.05) is 13.3 Å². The van der Waals surface area contributed by atoms with Crippen LogP contribution in [0.2, 0.25) is 0 Å². The number of imidazole rings is 1. The molecule has 1 heterocycles. The largest absolute Gasteiger partial charge is 0.346 e. The van der Waals surface area contributed by atoms with Gasteiger partial charge in [-0.15, -0.1) is 24.8 Å². The molecule has 0 saturated heterocycles. The van der Waals surface area contributed by atoms with Crippen LogP contribution in [0.3, 0.4) is 0 Å². The van der Waals surface area contributed by atoms with Crippen LogP contribution in [-0.4, -0.2) is 34.9 Å². The number of rotatable bonds is 7. The lowest BCUT2D eigenvalue weighted by atomic mass is 10.2. The number of unbranched alkanes of at least 4 members (excludes halogenated alkanes) is 1. The minimum absolute atomic E-state index is 0. The lowest BCUT2D eigenvalue weighted by molar-refractivity contribution is -0.123. The maximum absolute atomic E-state index is 11.7. The van der Waals surface area contributed by atoms with Crippen molar-refractivity contribution in [3.8, 4) is 0 Å². The number of aromatic nitrogens is 2. The highest BCUT2D eigenvalue weighted by atomic mass is 35.5. The van der Waals surface area contributed by atoms with E-state index < -0.39 is 0 Å². The number of carbonyl (C=O) groups excluding carboxylic acids is 2. The number of hydrogen-bond donors (Lipinski definition) is 4. The Kier molecular flexibility index (Phi) is 10.0. The molecule has 0 atom stereocenters. The SMILES string of the molecule is CCCCc1nc2ccc(NC(=O)CNC(=O)CN)cc2[nH]1.Cl.Cl. The summed E-state index contributed by atoms with van der Waals surface area (Å²) in [4.78, 5) is 30.5. The second-order valence-corrected chi connectivity index (χ2v) is 5.05. The summed E-state index contributed by atoms with van der Waals surface area (Å²) in [5.41, 5.74) is 7.57. The highest BCUT2D eigenvalue weighted by molar-refractivity contribution is 5.96. The summed E-state index contributed by atoms with van der Waals surface area (Å²) < 4.78 is 0. The van der Waals surface area contributed by atoms with Crippen molar-refractivity contribution >= 4 is 53.3 Å². The number of nitrogens with zero attached hydrogens (tertiary/aromatic N) is 1. The van der Waals surface area contributed by atoms with E-state index in [9.17, 15) is 9.59 Å². The molecule has 2 rings (SSSR count). The van der Waals surface area contributed by atoms with Crippen LogP contribution in [0.4, 0.5) is 5.69 Å². The van der Waals surface area contributed by atoms with E-state index in [0.29, 0.717) is 5.69 Å². The molecule has 7 nitrogen and oxygen atoms in total. The predicted molar refractivity (Wildman–Crippen MR) is 99.9 cm³/mol. The number of aryl methyl sites for hydroxylation is 1. The molecule has 9 heteroatoms. The maximum Gasteiger partial charge on any atom is 0.243 e.